The summed E-state index contributed by atoms with van der Waals surface area (Å²) in [6, 6.07) is 16.6. The Kier molecular flexibility index (Phi) is 6.71. The largest absolute Gasteiger partial charge is 0.303 e. The molecule has 0 amide bonds. The molecule has 0 aliphatic carbocycles. The Morgan fingerprint density at radius 1 is 1.06 bits per heavy atom. The molecule has 7 heteroatoms. The van der Waals surface area contributed by atoms with Crippen molar-refractivity contribution < 1.29 is 8.42 Å². The van der Waals surface area contributed by atoms with Gasteiger partial charge >= 0.3 is 0 Å². The summed E-state index contributed by atoms with van der Waals surface area (Å²) in [6.45, 7) is 3.07. The van der Waals surface area contributed by atoms with Crippen molar-refractivity contribution in [1.82, 2.24) is 14.3 Å². The number of aryl methyl sites for hydroxylation is 1. The molecule has 0 radical (unpaired) electrons. The van der Waals surface area contributed by atoms with Gasteiger partial charge in [-0.15, -0.1) is 0 Å². The summed E-state index contributed by atoms with van der Waals surface area (Å²) in [5, 5.41) is 2.46. The van der Waals surface area contributed by atoms with Crippen LogP contribution in [0, 0.1) is 5.92 Å². The lowest BCUT2D eigenvalue weighted by molar-refractivity contribution is 0.192. The topological polar surface area (TPSA) is 54.7 Å². The summed E-state index contributed by atoms with van der Waals surface area (Å²) < 4.78 is 27.7. The predicted molar refractivity (Wildman–Crippen MR) is 136 cm³/mol. The standard InChI is InChI=1S/C26H29N3O2S2/c30-33(31,17-13-24-18-23-19-27-25-9-4-10-26(32-24)29(23)25)20-22-11-15-28(16-12-22)14-5-8-21-6-2-1-3-7-21/h1-4,6-7,9-10,13,17-19,22H,5,8,11-12,14-16,20H2/b17-13+. The van der Waals surface area contributed by atoms with Crippen LogP contribution in [0.15, 0.2) is 76.1 Å². The Balaban J connectivity index is 1.11. The van der Waals surface area contributed by atoms with Gasteiger partial charge in [0.05, 0.1) is 22.7 Å². The summed E-state index contributed by atoms with van der Waals surface area (Å²) in [5.74, 6) is 0.487. The number of aromatic nitrogens is 2. The van der Waals surface area contributed by atoms with Crippen LogP contribution in [0.25, 0.3) is 11.7 Å². The van der Waals surface area contributed by atoms with Gasteiger partial charge in [-0.05, 0) is 81.1 Å². The fraction of sp³-hybridized carbons (Fsp3) is 0.346. The second-order valence-corrected chi connectivity index (χ2v) is 11.9. The van der Waals surface area contributed by atoms with Crippen molar-refractivity contribution in [1.29, 1.82) is 0 Å². The number of hydrogen-bond acceptors (Lipinski definition) is 5. The second-order valence-electron chi connectivity index (χ2n) is 8.90. The molecule has 2 aromatic heterocycles. The van der Waals surface area contributed by atoms with Gasteiger partial charge in [-0.25, -0.2) is 13.4 Å². The van der Waals surface area contributed by atoms with E-state index < -0.39 is 9.84 Å². The number of allylic oxidation sites excluding steroid dienone is 1. The number of rotatable bonds is 8. The maximum Gasteiger partial charge on any atom is 0.171 e. The smallest absolute Gasteiger partial charge is 0.171 e. The van der Waals surface area contributed by atoms with Crippen LogP contribution in [0.3, 0.4) is 0 Å². The summed E-state index contributed by atoms with van der Waals surface area (Å²) >= 11 is 1.57. The van der Waals surface area contributed by atoms with E-state index in [4.69, 9.17) is 0 Å². The number of imidazole rings is 1. The van der Waals surface area contributed by atoms with Gasteiger partial charge in [-0.2, -0.15) is 0 Å². The molecule has 172 valence electrons. The lowest BCUT2D eigenvalue weighted by Crippen LogP contribution is -2.36. The molecule has 5 rings (SSSR count). The number of thioether (sulfide) groups is 1. The summed E-state index contributed by atoms with van der Waals surface area (Å²) in [7, 11) is -3.24. The molecule has 4 heterocycles. The van der Waals surface area contributed by atoms with Crippen LogP contribution in [-0.2, 0) is 16.3 Å². The first-order chi connectivity index (χ1) is 16.1. The molecule has 3 aromatic rings. The zero-order valence-corrected chi connectivity index (χ0v) is 20.3. The van der Waals surface area contributed by atoms with Crippen LogP contribution >= 0.6 is 11.8 Å². The first-order valence-corrected chi connectivity index (χ1v) is 14.1. The van der Waals surface area contributed by atoms with Crippen LogP contribution in [0.1, 0.15) is 30.5 Å². The molecule has 2 aliphatic heterocycles. The lowest BCUT2D eigenvalue weighted by Gasteiger charge is -2.31. The summed E-state index contributed by atoms with van der Waals surface area (Å²) in [4.78, 5) is 7.81. The molecule has 1 fully saturated rings. The Bertz CT molecular complexity index is 1270. The fourth-order valence-electron chi connectivity index (χ4n) is 4.67. The van der Waals surface area contributed by atoms with Gasteiger partial charge in [0.1, 0.15) is 5.65 Å². The molecule has 0 unspecified atom stereocenters. The Morgan fingerprint density at radius 2 is 1.88 bits per heavy atom. The van der Waals surface area contributed by atoms with Crippen molar-refractivity contribution in [3.8, 4) is 0 Å². The minimum absolute atomic E-state index is 0.243. The molecule has 5 nitrogen and oxygen atoms in total. The number of likely N-dealkylation sites (tertiary alicyclic amines) is 1. The highest BCUT2D eigenvalue weighted by atomic mass is 32.2. The van der Waals surface area contributed by atoms with Crippen LogP contribution < -0.4 is 0 Å². The van der Waals surface area contributed by atoms with Crippen LogP contribution in [0.5, 0.6) is 0 Å². The molecule has 0 N–H and O–H groups in total. The lowest BCUT2D eigenvalue weighted by atomic mass is 9.98. The third kappa shape index (κ3) is 5.60. The van der Waals surface area contributed by atoms with Crippen LogP contribution in [0.2, 0.25) is 0 Å². The number of benzene rings is 1. The zero-order valence-electron chi connectivity index (χ0n) is 18.6. The SMILES string of the molecule is O=S(=O)(/C=C/C1=Cc2cnc3cccc(n23)S1)CC1CCN(CCCc2ccccc2)CC1. The first-order valence-electron chi connectivity index (χ1n) is 11.6. The van der Waals surface area contributed by atoms with E-state index in [0.717, 1.165) is 66.6 Å². The van der Waals surface area contributed by atoms with Gasteiger partial charge in [-0.3, -0.25) is 4.40 Å². The van der Waals surface area contributed by atoms with E-state index in [2.05, 4.69) is 44.6 Å². The van der Waals surface area contributed by atoms with Crippen LogP contribution in [-0.4, -0.2) is 48.1 Å². The van der Waals surface area contributed by atoms with Gasteiger partial charge in [0, 0.05) is 10.3 Å². The quantitative estimate of drug-likeness (QED) is 0.452. The van der Waals surface area contributed by atoms with Crippen LogP contribution in [0.4, 0.5) is 0 Å². The predicted octanol–water partition coefficient (Wildman–Crippen LogP) is 5.05. The molecule has 0 bridgehead atoms. The summed E-state index contributed by atoms with van der Waals surface area (Å²) in [5.41, 5.74) is 3.28. The van der Waals surface area contributed by atoms with E-state index >= 15 is 0 Å². The van der Waals surface area contributed by atoms with E-state index in [1.165, 1.54) is 11.0 Å². The minimum Gasteiger partial charge on any atom is -0.303 e. The van der Waals surface area contributed by atoms with Crippen molar-refractivity contribution in [3.63, 3.8) is 0 Å². The second kappa shape index (κ2) is 9.87. The monoisotopic (exact) mass is 479 g/mol. The Morgan fingerprint density at radius 3 is 2.70 bits per heavy atom. The van der Waals surface area contributed by atoms with E-state index in [-0.39, 0.29) is 11.7 Å². The molecule has 33 heavy (non-hydrogen) atoms. The van der Waals surface area contributed by atoms with Crippen molar-refractivity contribution in [2.75, 3.05) is 25.4 Å². The molecular formula is C26H29N3O2S2. The number of nitrogens with zero attached hydrogens (tertiary/aromatic N) is 3. The minimum atomic E-state index is -3.24. The first kappa shape index (κ1) is 22.4. The molecule has 0 spiro atoms. The molecule has 1 aromatic carbocycles. The zero-order chi connectivity index (χ0) is 22.7. The number of hydrogen-bond donors (Lipinski definition) is 0. The molecule has 0 atom stereocenters. The number of sulfone groups is 1. The maximum atomic E-state index is 12.8. The molecule has 2 aliphatic rings. The average Bonchev–Trinajstić information content (AvgIpc) is 3.24. The van der Waals surface area contributed by atoms with Gasteiger partial charge in [0.15, 0.2) is 9.84 Å². The maximum absolute atomic E-state index is 12.8. The highest BCUT2D eigenvalue weighted by molar-refractivity contribution is 8.03. The number of piperidine rings is 1. The Labute approximate surface area is 200 Å². The number of pyridine rings is 1. The molecular weight excluding hydrogens is 450 g/mol. The van der Waals surface area contributed by atoms with Gasteiger partial charge in [-0.1, -0.05) is 48.2 Å². The van der Waals surface area contributed by atoms with Crippen molar-refractivity contribution in [3.05, 3.63) is 82.4 Å². The third-order valence-electron chi connectivity index (χ3n) is 6.43. The van der Waals surface area contributed by atoms with E-state index in [9.17, 15) is 8.42 Å². The highest BCUT2D eigenvalue weighted by Crippen LogP contribution is 2.35. The van der Waals surface area contributed by atoms with Gasteiger partial charge in [0.2, 0.25) is 0 Å². The Hall–Kier alpha value is -2.35. The van der Waals surface area contributed by atoms with Crippen molar-refractivity contribution in [2.24, 2.45) is 5.92 Å². The average molecular weight is 480 g/mol. The molecule has 0 saturated carbocycles. The molecule has 1 saturated heterocycles. The van der Waals surface area contributed by atoms with Gasteiger partial charge in [0.25, 0.3) is 0 Å². The normalized spacial score (nSPS) is 17.6. The summed E-state index contributed by atoms with van der Waals surface area (Å²) in [6.07, 6.45) is 9.73. The third-order valence-corrected chi connectivity index (χ3v) is 8.94. The highest BCUT2D eigenvalue weighted by Gasteiger charge is 2.23. The fourth-order valence-corrected chi connectivity index (χ4v) is 7.21. The van der Waals surface area contributed by atoms with Gasteiger partial charge < -0.3 is 4.90 Å². The van der Waals surface area contributed by atoms with Crippen molar-refractivity contribution >= 4 is 33.3 Å². The van der Waals surface area contributed by atoms with E-state index in [1.807, 2.05) is 30.5 Å². The van der Waals surface area contributed by atoms with E-state index in [0.29, 0.717) is 0 Å². The van der Waals surface area contributed by atoms with E-state index in [1.54, 1.807) is 17.8 Å². The van der Waals surface area contributed by atoms with Crippen molar-refractivity contribution in [2.45, 2.75) is 30.7 Å².